The van der Waals surface area contributed by atoms with Gasteiger partial charge in [0.2, 0.25) is 0 Å². The lowest BCUT2D eigenvalue weighted by Crippen LogP contribution is -2.25. The average molecular weight is 213 g/mol. The molecule has 15 heavy (non-hydrogen) atoms. The highest BCUT2D eigenvalue weighted by molar-refractivity contribution is 5.85. The van der Waals surface area contributed by atoms with E-state index in [1.54, 1.807) is 37.1 Å². The summed E-state index contributed by atoms with van der Waals surface area (Å²) < 4.78 is 11.8. The molecule has 0 fully saturated rings. The van der Waals surface area contributed by atoms with Gasteiger partial charge in [-0.3, -0.25) is 0 Å². The summed E-state index contributed by atoms with van der Waals surface area (Å²) >= 11 is 0. The van der Waals surface area contributed by atoms with Gasteiger partial charge >= 0.3 is 5.97 Å². The smallest absolute Gasteiger partial charge is 0.352 e. The van der Waals surface area contributed by atoms with Crippen LogP contribution in [0.3, 0.4) is 0 Å². The molecule has 1 aromatic rings. The van der Waals surface area contributed by atoms with E-state index in [1.807, 2.05) is 0 Å². The summed E-state index contributed by atoms with van der Waals surface area (Å²) in [6, 6.07) is 3.25. The second-order valence-electron chi connectivity index (χ2n) is 3.16. The summed E-state index contributed by atoms with van der Waals surface area (Å²) in [5.74, 6) is -0.938. The molecule has 1 aromatic heterocycles. The molecule has 0 aliphatic carbocycles. The van der Waals surface area contributed by atoms with E-state index in [0.29, 0.717) is 13.2 Å². The van der Waals surface area contributed by atoms with Gasteiger partial charge in [-0.1, -0.05) is 0 Å². The van der Waals surface area contributed by atoms with Crippen molar-refractivity contribution in [1.82, 2.24) is 4.57 Å². The highest BCUT2D eigenvalue weighted by Crippen LogP contribution is 2.05. The van der Waals surface area contributed by atoms with Crippen molar-refractivity contribution in [2.24, 2.45) is 0 Å². The number of carboxylic acids is 1. The molecule has 0 saturated carbocycles. The van der Waals surface area contributed by atoms with Gasteiger partial charge in [-0.25, -0.2) is 4.79 Å². The van der Waals surface area contributed by atoms with E-state index in [-0.39, 0.29) is 11.8 Å². The van der Waals surface area contributed by atoms with Crippen molar-refractivity contribution in [3.8, 4) is 0 Å². The Bertz CT molecular complexity index is 321. The van der Waals surface area contributed by atoms with Gasteiger partial charge in [0.15, 0.2) is 0 Å². The monoisotopic (exact) mass is 213 g/mol. The molecule has 0 amide bonds. The molecule has 0 spiro atoms. The highest BCUT2D eigenvalue weighted by atomic mass is 16.5. The average Bonchev–Trinajstić information content (AvgIpc) is 2.65. The molecular weight excluding hydrogens is 198 g/mol. The molecule has 1 rings (SSSR count). The number of carbonyl (C=O) groups is 1. The zero-order valence-corrected chi connectivity index (χ0v) is 8.84. The largest absolute Gasteiger partial charge is 0.477 e. The zero-order chi connectivity index (χ0) is 11.3. The van der Waals surface area contributed by atoms with E-state index in [4.69, 9.17) is 14.6 Å². The first-order valence-corrected chi connectivity index (χ1v) is 4.59. The van der Waals surface area contributed by atoms with Crippen LogP contribution >= 0.6 is 0 Å². The number of aromatic carboxylic acids is 1. The molecule has 0 aliphatic rings. The molecule has 0 bridgehead atoms. The Morgan fingerprint density at radius 1 is 1.60 bits per heavy atom. The first-order valence-electron chi connectivity index (χ1n) is 4.59. The molecule has 1 heterocycles. The third-order valence-electron chi connectivity index (χ3n) is 2.13. The number of ether oxygens (including phenoxy) is 2. The van der Waals surface area contributed by atoms with E-state index in [0.717, 1.165) is 0 Å². The Morgan fingerprint density at radius 3 is 2.87 bits per heavy atom. The number of hydrogen-bond acceptors (Lipinski definition) is 3. The lowest BCUT2D eigenvalue weighted by atomic mass is 10.3. The predicted molar refractivity (Wildman–Crippen MR) is 54.1 cm³/mol. The lowest BCUT2D eigenvalue weighted by molar-refractivity contribution is 0.0176. The van der Waals surface area contributed by atoms with E-state index in [1.165, 1.54) is 0 Å². The molecule has 0 aliphatic heterocycles. The molecule has 0 saturated heterocycles. The molecule has 5 heteroatoms. The standard InChI is InChI=1S/C10H15NO4/c1-14-7-8(15-2)6-11-5-3-4-9(11)10(12)13/h3-5,8H,6-7H2,1-2H3,(H,12,13). The normalized spacial score (nSPS) is 12.7. The van der Waals surface area contributed by atoms with Crippen molar-refractivity contribution in [2.45, 2.75) is 12.6 Å². The number of aromatic nitrogens is 1. The Hall–Kier alpha value is -1.33. The Morgan fingerprint density at radius 2 is 2.33 bits per heavy atom. The van der Waals surface area contributed by atoms with E-state index < -0.39 is 5.97 Å². The number of nitrogens with zero attached hydrogens (tertiary/aromatic N) is 1. The van der Waals surface area contributed by atoms with Gasteiger partial charge in [0.1, 0.15) is 5.69 Å². The zero-order valence-electron chi connectivity index (χ0n) is 8.84. The van der Waals surface area contributed by atoms with Crippen molar-refractivity contribution >= 4 is 5.97 Å². The van der Waals surface area contributed by atoms with Crippen LogP contribution in [0.5, 0.6) is 0 Å². The van der Waals surface area contributed by atoms with Crippen molar-refractivity contribution in [2.75, 3.05) is 20.8 Å². The van der Waals surface area contributed by atoms with Crippen molar-refractivity contribution in [3.05, 3.63) is 24.0 Å². The topological polar surface area (TPSA) is 60.7 Å². The predicted octanol–water partition coefficient (Wildman–Crippen LogP) is 0.848. The number of rotatable bonds is 6. The van der Waals surface area contributed by atoms with Crippen LogP contribution in [0.1, 0.15) is 10.5 Å². The molecule has 1 atom stereocenters. The van der Waals surface area contributed by atoms with Gasteiger partial charge < -0.3 is 19.1 Å². The fourth-order valence-electron chi connectivity index (χ4n) is 1.37. The van der Waals surface area contributed by atoms with Gasteiger partial charge in [-0.2, -0.15) is 0 Å². The van der Waals surface area contributed by atoms with Gasteiger partial charge in [0.05, 0.1) is 19.3 Å². The third kappa shape index (κ3) is 3.07. The molecule has 0 aromatic carbocycles. The van der Waals surface area contributed by atoms with Crippen LogP contribution in [-0.2, 0) is 16.0 Å². The second-order valence-corrected chi connectivity index (χ2v) is 3.16. The number of hydrogen-bond donors (Lipinski definition) is 1. The quantitative estimate of drug-likeness (QED) is 0.761. The fourth-order valence-corrected chi connectivity index (χ4v) is 1.37. The minimum absolute atomic E-state index is 0.138. The first-order chi connectivity index (χ1) is 7.19. The van der Waals surface area contributed by atoms with Gasteiger partial charge in [0, 0.05) is 20.4 Å². The minimum atomic E-state index is -0.938. The van der Waals surface area contributed by atoms with Crippen LogP contribution in [0.25, 0.3) is 0 Å². The third-order valence-corrected chi connectivity index (χ3v) is 2.13. The fraction of sp³-hybridized carbons (Fsp3) is 0.500. The van der Waals surface area contributed by atoms with Crippen molar-refractivity contribution < 1.29 is 19.4 Å². The number of carboxylic acid groups (broad SMARTS) is 1. The molecule has 84 valence electrons. The molecular formula is C10H15NO4. The van der Waals surface area contributed by atoms with Gasteiger partial charge in [-0.15, -0.1) is 0 Å². The second kappa shape index (κ2) is 5.53. The van der Waals surface area contributed by atoms with Crippen LogP contribution in [0.15, 0.2) is 18.3 Å². The van der Waals surface area contributed by atoms with E-state index >= 15 is 0 Å². The maximum Gasteiger partial charge on any atom is 0.352 e. The number of methoxy groups -OCH3 is 2. The Balaban J connectivity index is 2.70. The summed E-state index contributed by atoms with van der Waals surface area (Å²) in [6.07, 6.45) is 1.57. The summed E-state index contributed by atoms with van der Waals surface area (Å²) in [7, 11) is 3.16. The lowest BCUT2D eigenvalue weighted by Gasteiger charge is -2.16. The highest BCUT2D eigenvalue weighted by Gasteiger charge is 2.13. The first kappa shape index (κ1) is 11.7. The maximum atomic E-state index is 10.8. The summed E-state index contributed by atoms with van der Waals surface area (Å²) in [5.41, 5.74) is 0.258. The van der Waals surface area contributed by atoms with E-state index in [2.05, 4.69) is 0 Å². The SMILES string of the molecule is COCC(Cn1cccc1C(=O)O)OC. The van der Waals surface area contributed by atoms with Crippen LogP contribution in [0, 0.1) is 0 Å². The van der Waals surface area contributed by atoms with Crippen molar-refractivity contribution in [3.63, 3.8) is 0 Å². The maximum absolute atomic E-state index is 10.8. The van der Waals surface area contributed by atoms with Crippen LogP contribution in [-0.4, -0.2) is 42.6 Å². The minimum Gasteiger partial charge on any atom is -0.477 e. The molecule has 1 unspecified atom stereocenters. The Kier molecular flexibility index (Phi) is 4.33. The molecule has 0 radical (unpaired) electrons. The summed E-state index contributed by atoms with van der Waals surface area (Å²) in [4.78, 5) is 10.8. The molecule has 5 nitrogen and oxygen atoms in total. The van der Waals surface area contributed by atoms with E-state index in [9.17, 15) is 4.79 Å². The Labute approximate surface area is 88.2 Å². The van der Waals surface area contributed by atoms with Crippen molar-refractivity contribution in [1.29, 1.82) is 0 Å². The molecule has 1 N–H and O–H groups in total. The van der Waals surface area contributed by atoms with Crippen LogP contribution in [0.2, 0.25) is 0 Å². The summed E-state index contributed by atoms with van der Waals surface area (Å²) in [5, 5.41) is 8.88. The van der Waals surface area contributed by atoms with Crippen LogP contribution in [0.4, 0.5) is 0 Å². The van der Waals surface area contributed by atoms with Crippen LogP contribution < -0.4 is 0 Å². The van der Waals surface area contributed by atoms with Gasteiger partial charge in [0.25, 0.3) is 0 Å². The van der Waals surface area contributed by atoms with Gasteiger partial charge in [-0.05, 0) is 12.1 Å². The summed E-state index contributed by atoms with van der Waals surface area (Å²) in [6.45, 7) is 0.909.